The van der Waals surface area contributed by atoms with E-state index in [9.17, 15) is 5.11 Å². The van der Waals surface area contributed by atoms with E-state index in [2.05, 4.69) is 15.2 Å². The van der Waals surface area contributed by atoms with Crippen LogP contribution in [0.1, 0.15) is 48.0 Å². The third-order valence-corrected chi connectivity index (χ3v) is 5.27. The van der Waals surface area contributed by atoms with Gasteiger partial charge in [0.15, 0.2) is 0 Å². The zero-order valence-corrected chi connectivity index (χ0v) is 13.2. The van der Waals surface area contributed by atoms with Gasteiger partial charge >= 0.3 is 0 Å². The Labute approximate surface area is 134 Å². The number of hydrogen-bond acceptors (Lipinski definition) is 6. The lowest BCUT2D eigenvalue weighted by molar-refractivity contribution is -0.000623. The Bertz CT molecular complexity index is 775. The maximum absolute atomic E-state index is 10.8. The van der Waals surface area contributed by atoms with Gasteiger partial charge in [-0.3, -0.25) is 0 Å². The first-order valence-electron chi connectivity index (χ1n) is 8.36. The SMILES string of the molecule is Cn1nncc1C1(O)CN(c2nc(C3CC3)nc3c2CCC3)C1. The monoisotopic (exact) mass is 312 g/mol. The third kappa shape index (κ3) is 1.99. The molecular weight excluding hydrogens is 292 g/mol. The molecule has 1 N–H and O–H groups in total. The lowest BCUT2D eigenvalue weighted by Gasteiger charge is -2.47. The van der Waals surface area contributed by atoms with Crippen molar-refractivity contribution in [1.29, 1.82) is 0 Å². The maximum atomic E-state index is 10.8. The molecule has 0 spiro atoms. The van der Waals surface area contributed by atoms with Crippen LogP contribution < -0.4 is 4.90 Å². The van der Waals surface area contributed by atoms with E-state index in [4.69, 9.17) is 9.97 Å². The minimum Gasteiger partial charge on any atom is -0.380 e. The molecule has 0 amide bonds. The number of aromatic nitrogens is 5. The molecule has 5 rings (SSSR count). The summed E-state index contributed by atoms with van der Waals surface area (Å²) in [5.41, 5.74) is 2.41. The molecule has 0 atom stereocenters. The maximum Gasteiger partial charge on any atom is 0.142 e. The van der Waals surface area contributed by atoms with Crippen LogP contribution in [0.3, 0.4) is 0 Å². The molecule has 2 aliphatic carbocycles. The van der Waals surface area contributed by atoms with Gasteiger partial charge in [-0.05, 0) is 32.1 Å². The molecule has 23 heavy (non-hydrogen) atoms. The van der Waals surface area contributed by atoms with Crippen molar-refractivity contribution in [3.63, 3.8) is 0 Å². The van der Waals surface area contributed by atoms with Crippen LogP contribution in [0.4, 0.5) is 5.82 Å². The van der Waals surface area contributed by atoms with Gasteiger partial charge in [-0.25, -0.2) is 14.6 Å². The van der Waals surface area contributed by atoms with E-state index in [0.29, 0.717) is 19.0 Å². The fourth-order valence-electron chi connectivity index (χ4n) is 3.82. The Hall–Kier alpha value is -2.02. The molecular formula is C16H20N6O. The van der Waals surface area contributed by atoms with Crippen LogP contribution in [-0.4, -0.2) is 43.2 Å². The van der Waals surface area contributed by atoms with Crippen molar-refractivity contribution in [2.24, 2.45) is 7.05 Å². The van der Waals surface area contributed by atoms with Gasteiger partial charge in [-0.2, -0.15) is 0 Å². The van der Waals surface area contributed by atoms with E-state index in [0.717, 1.165) is 36.6 Å². The van der Waals surface area contributed by atoms with Crippen LogP contribution in [-0.2, 0) is 25.5 Å². The second-order valence-corrected chi connectivity index (χ2v) is 7.09. The summed E-state index contributed by atoms with van der Waals surface area (Å²) >= 11 is 0. The van der Waals surface area contributed by atoms with Gasteiger partial charge in [-0.15, -0.1) is 5.10 Å². The minimum absolute atomic E-state index is 0.543. The van der Waals surface area contributed by atoms with Crippen molar-refractivity contribution in [2.75, 3.05) is 18.0 Å². The van der Waals surface area contributed by atoms with Crippen molar-refractivity contribution >= 4 is 5.82 Å². The predicted molar refractivity (Wildman–Crippen MR) is 83.1 cm³/mol. The van der Waals surface area contributed by atoms with Gasteiger partial charge in [0.05, 0.1) is 25.0 Å². The van der Waals surface area contributed by atoms with Crippen LogP contribution in [0.2, 0.25) is 0 Å². The molecule has 2 aromatic heterocycles. The van der Waals surface area contributed by atoms with Crippen molar-refractivity contribution in [3.05, 3.63) is 29.0 Å². The molecule has 0 aromatic carbocycles. The van der Waals surface area contributed by atoms with Crippen molar-refractivity contribution in [1.82, 2.24) is 25.0 Å². The summed E-state index contributed by atoms with van der Waals surface area (Å²) in [6.07, 6.45) is 7.35. The standard InChI is InChI=1S/C16H20N6O/c1-21-13(7-17-20-21)16(23)8-22(9-16)15-11-3-2-4-12(11)18-14(19-15)10-5-6-10/h7,10,23H,2-6,8-9H2,1H3. The number of hydrogen-bond donors (Lipinski definition) is 1. The zero-order chi connectivity index (χ0) is 15.6. The van der Waals surface area contributed by atoms with E-state index in [1.165, 1.54) is 24.1 Å². The largest absolute Gasteiger partial charge is 0.380 e. The molecule has 7 heteroatoms. The molecule has 120 valence electrons. The molecule has 1 saturated heterocycles. The van der Waals surface area contributed by atoms with Crippen LogP contribution in [0, 0.1) is 0 Å². The molecule has 1 saturated carbocycles. The summed E-state index contributed by atoms with van der Waals surface area (Å²) in [5.74, 6) is 2.62. The van der Waals surface area contributed by atoms with E-state index in [1.807, 2.05) is 7.05 Å². The molecule has 0 unspecified atom stereocenters. The lowest BCUT2D eigenvalue weighted by atomic mass is 9.90. The van der Waals surface area contributed by atoms with Gasteiger partial charge < -0.3 is 10.0 Å². The van der Waals surface area contributed by atoms with E-state index in [1.54, 1.807) is 10.9 Å². The predicted octanol–water partition coefficient (Wildman–Crippen LogP) is 0.679. The van der Waals surface area contributed by atoms with Gasteiger partial charge in [0.25, 0.3) is 0 Å². The molecule has 2 fully saturated rings. The molecule has 1 aliphatic heterocycles. The third-order valence-electron chi connectivity index (χ3n) is 5.27. The topological polar surface area (TPSA) is 80.0 Å². The molecule has 0 bridgehead atoms. The van der Waals surface area contributed by atoms with Crippen LogP contribution in [0.5, 0.6) is 0 Å². The van der Waals surface area contributed by atoms with Crippen molar-refractivity contribution < 1.29 is 5.11 Å². The highest BCUT2D eigenvalue weighted by Gasteiger charge is 2.47. The fraction of sp³-hybridized carbons (Fsp3) is 0.625. The summed E-state index contributed by atoms with van der Waals surface area (Å²) in [7, 11) is 1.82. The van der Waals surface area contributed by atoms with Crippen molar-refractivity contribution in [3.8, 4) is 0 Å². The number of aliphatic hydroxyl groups is 1. The normalized spacial score (nSPS) is 22.1. The summed E-state index contributed by atoms with van der Waals surface area (Å²) in [4.78, 5) is 11.8. The first-order chi connectivity index (χ1) is 11.1. The molecule has 7 nitrogen and oxygen atoms in total. The number of β-amino-alcohol motifs (C(OH)–C–C–N with tert-alkyl or cyclic N) is 1. The first-order valence-corrected chi connectivity index (χ1v) is 8.36. The summed E-state index contributed by atoms with van der Waals surface area (Å²) < 4.78 is 1.65. The second kappa shape index (κ2) is 4.50. The van der Waals surface area contributed by atoms with Gasteiger partial charge in [0.2, 0.25) is 0 Å². The van der Waals surface area contributed by atoms with Gasteiger partial charge in [0.1, 0.15) is 17.2 Å². The Kier molecular flexibility index (Phi) is 2.63. The molecule has 3 heterocycles. The second-order valence-electron chi connectivity index (χ2n) is 7.09. The summed E-state index contributed by atoms with van der Waals surface area (Å²) in [5, 5.41) is 18.6. The smallest absolute Gasteiger partial charge is 0.142 e. The Morgan fingerprint density at radius 3 is 2.74 bits per heavy atom. The van der Waals surface area contributed by atoms with Crippen LogP contribution in [0.25, 0.3) is 0 Å². The average molecular weight is 312 g/mol. The van der Waals surface area contributed by atoms with E-state index in [-0.39, 0.29) is 0 Å². The summed E-state index contributed by atoms with van der Waals surface area (Å²) in [6.45, 7) is 1.09. The van der Waals surface area contributed by atoms with E-state index >= 15 is 0 Å². The Balaban J connectivity index is 1.47. The van der Waals surface area contributed by atoms with Crippen LogP contribution in [0.15, 0.2) is 6.20 Å². The number of anilines is 1. The van der Waals surface area contributed by atoms with E-state index < -0.39 is 5.60 Å². The van der Waals surface area contributed by atoms with Crippen LogP contribution >= 0.6 is 0 Å². The lowest BCUT2D eigenvalue weighted by Crippen LogP contribution is -2.60. The molecule has 3 aliphatic rings. The highest BCUT2D eigenvalue weighted by Crippen LogP contribution is 2.42. The Morgan fingerprint density at radius 1 is 1.22 bits per heavy atom. The first kappa shape index (κ1) is 13.4. The molecule has 2 aromatic rings. The average Bonchev–Trinajstić information content (AvgIpc) is 3.09. The van der Waals surface area contributed by atoms with Crippen molar-refractivity contribution in [2.45, 2.75) is 43.6 Å². The van der Waals surface area contributed by atoms with Gasteiger partial charge in [0, 0.05) is 24.2 Å². The zero-order valence-electron chi connectivity index (χ0n) is 13.2. The highest BCUT2D eigenvalue weighted by atomic mass is 16.3. The number of fused-ring (bicyclic) bond motifs is 1. The number of rotatable bonds is 3. The number of nitrogens with zero attached hydrogens (tertiary/aromatic N) is 6. The number of aryl methyl sites for hydroxylation is 2. The molecule has 0 radical (unpaired) electrons. The minimum atomic E-state index is -0.881. The summed E-state index contributed by atoms with van der Waals surface area (Å²) in [6, 6.07) is 0. The Morgan fingerprint density at radius 2 is 2.04 bits per heavy atom. The highest BCUT2D eigenvalue weighted by molar-refractivity contribution is 5.55. The van der Waals surface area contributed by atoms with Gasteiger partial charge in [-0.1, -0.05) is 5.21 Å². The fourth-order valence-corrected chi connectivity index (χ4v) is 3.82. The quantitative estimate of drug-likeness (QED) is 0.898.